The standard InChI is InChI=1S/C18H26O10S/c1-6-13(29)7-24-18-17(27-12(5)22)16(26-11(4)21)15(25-10(3)20)14(28-18)8-23-9(2)19/h6,13-18,29H,1,7-8H2,2-5H3/t13?,14?,15-,16-,17?,18+/m0/s1. The quantitative estimate of drug-likeness (QED) is 0.238. The van der Waals surface area contributed by atoms with Crippen LogP contribution in [0.25, 0.3) is 0 Å². The molecule has 0 aromatic heterocycles. The SMILES string of the molecule is C=CC(S)CO[C@@H]1OC(COC(C)=O)[C@H](OC(C)=O)[C@H](OC(C)=O)C1OC(C)=O. The molecule has 11 heteroatoms. The molecule has 0 bridgehead atoms. The van der Waals surface area contributed by atoms with Crippen LogP contribution in [-0.4, -0.2) is 73.0 Å². The van der Waals surface area contributed by atoms with Crippen molar-refractivity contribution in [2.45, 2.75) is 63.7 Å². The molecule has 1 aliphatic heterocycles. The van der Waals surface area contributed by atoms with E-state index in [4.69, 9.17) is 28.4 Å². The van der Waals surface area contributed by atoms with Crippen LogP contribution in [0.15, 0.2) is 12.7 Å². The molecule has 10 nitrogen and oxygen atoms in total. The molecule has 0 N–H and O–H groups in total. The Labute approximate surface area is 174 Å². The lowest BCUT2D eigenvalue weighted by atomic mass is 9.98. The van der Waals surface area contributed by atoms with E-state index < -0.39 is 54.6 Å². The highest BCUT2D eigenvalue weighted by atomic mass is 32.1. The predicted molar refractivity (Wildman–Crippen MR) is 101 cm³/mol. The number of thiol groups is 1. The molecule has 0 aromatic carbocycles. The predicted octanol–water partition coefficient (Wildman–Crippen LogP) is 0.570. The second-order valence-corrected chi connectivity index (χ2v) is 6.87. The minimum atomic E-state index is -1.26. The van der Waals surface area contributed by atoms with Crippen LogP contribution in [0.4, 0.5) is 0 Å². The number of ether oxygens (including phenoxy) is 6. The lowest BCUT2D eigenvalue weighted by Crippen LogP contribution is -2.63. The van der Waals surface area contributed by atoms with Gasteiger partial charge < -0.3 is 28.4 Å². The van der Waals surface area contributed by atoms with Crippen molar-refractivity contribution in [2.24, 2.45) is 0 Å². The van der Waals surface area contributed by atoms with E-state index in [-0.39, 0.29) is 18.5 Å². The van der Waals surface area contributed by atoms with E-state index >= 15 is 0 Å². The van der Waals surface area contributed by atoms with Crippen molar-refractivity contribution < 1.29 is 47.6 Å². The molecule has 1 aliphatic rings. The third kappa shape index (κ3) is 8.42. The van der Waals surface area contributed by atoms with Crippen LogP contribution in [0.5, 0.6) is 0 Å². The van der Waals surface area contributed by atoms with Gasteiger partial charge in [-0.25, -0.2) is 0 Å². The van der Waals surface area contributed by atoms with E-state index in [2.05, 4.69) is 19.2 Å². The van der Waals surface area contributed by atoms with Gasteiger partial charge in [0.05, 0.1) is 6.61 Å². The summed E-state index contributed by atoms with van der Waals surface area (Å²) in [5, 5.41) is -0.359. The monoisotopic (exact) mass is 434 g/mol. The van der Waals surface area contributed by atoms with E-state index in [1.165, 1.54) is 13.0 Å². The molecule has 1 rings (SSSR count). The summed E-state index contributed by atoms with van der Waals surface area (Å²) >= 11 is 4.23. The highest BCUT2D eigenvalue weighted by Crippen LogP contribution is 2.30. The zero-order valence-corrected chi connectivity index (χ0v) is 17.6. The number of carbonyl (C=O) groups excluding carboxylic acids is 4. The van der Waals surface area contributed by atoms with Gasteiger partial charge in [0.1, 0.15) is 12.7 Å². The molecular formula is C18H26O10S. The minimum absolute atomic E-state index is 0.0281. The summed E-state index contributed by atoms with van der Waals surface area (Å²) in [4.78, 5) is 46.1. The van der Waals surface area contributed by atoms with Crippen LogP contribution >= 0.6 is 12.6 Å². The van der Waals surface area contributed by atoms with Crippen molar-refractivity contribution >= 4 is 36.5 Å². The van der Waals surface area contributed by atoms with E-state index in [0.29, 0.717) is 0 Å². The molecule has 0 aromatic rings. The van der Waals surface area contributed by atoms with Crippen molar-refractivity contribution in [2.75, 3.05) is 13.2 Å². The van der Waals surface area contributed by atoms with Gasteiger partial charge in [-0.05, 0) is 0 Å². The number of esters is 4. The van der Waals surface area contributed by atoms with Crippen LogP contribution in [-0.2, 0) is 47.6 Å². The van der Waals surface area contributed by atoms with Crippen molar-refractivity contribution in [3.05, 3.63) is 12.7 Å². The Hall–Kier alpha value is -2.11. The highest BCUT2D eigenvalue weighted by molar-refractivity contribution is 7.81. The third-order valence-electron chi connectivity index (χ3n) is 3.65. The summed E-state index contributed by atoms with van der Waals surface area (Å²) in [7, 11) is 0. The maximum atomic E-state index is 11.7. The summed E-state index contributed by atoms with van der Waals surface area (Å²) in [6.45, 7) is 7.93. The smallest absolute Gasteiger partial charge is 0.303 e. The Morgan fingerprint density at radius 3 is 1.93 bits per heavy atom. The lowest BCUT2D eigenvalue weighted by molar-refractivity contribution is -0.307. The Balaban J connectivity index is 3.26. The summed E-state index contributed by atoms with van der Waals surface area (Å²) < 4.78 is 32.1. The van der Waals surface area contributed by atoms with Gasteiger partial charge in [0.2, 0.25) is 0 Å². The Morgan fingerprint density at radius 2 is 1.45 bits per heavy atom. The van der Waals surface area contributed by atoms with Crippen LogP contribution in [0.2, 0.25) is 0 Å². The molecule has 0 spiro atoms. The van der Waals surface area contributed by atoms with Gasteiger partial charge in [-0.15, -0.1) is 6.58 Å². The Bertz CT molecular complexity index is 622. The molecule has 1 heterocycles. The minimum Gasteiger partial charge on any atom is -0.463 e. The summed E-state index contributed by atoms with van der Waals surface area (Å²) in [5.41, 5.74) is 0. The van der Waals surface area contributed by atoms with E-state index in [1.54, 1.807) is 0 Å². The fourth-order valence-electron chi connectivity index (χ4n) is 2.58. The Morgan fingerprint density at radius 1 is 0.931 bits per heavy atom. The number of rotatable bonds is 9. The molecular weight excluding hydrogens is 408 g/mol. The van der Waals surface area contributed by atoms with Crippen LogP contribution < -0.4 is 0 Å². The van der Waals surface area contributed by atoms with Crippen molar-refractivity contribution in [1.82, 2.24) is 0 Å². The maximum Gasteiger partial charge on any atom is 0.303 e. The molecule has 0 saturated carbocycles. The highest BCUT2D eigenvalue weighted by Gasteiger charge is 2.52. The van der Waals surface area contributed by atoms with Gasteiger partial charge in [0.15, 0.2) is 24.6 Å². The first kappa shape index (κ1) is 24.9. The first-order valence-corrected chi connectivity index (χ1v) is 9.29. The molecule has 29 heavy (non-hydrogen) atoms. The molecule has 164 valence electrons. The average molecular weight is 434 g/mol. The number of hydrogen-bond donors (Lipinski definition) is 1. The molecule has 1 fully saturated rings. The zero-order valence-electron chi connectivity index (χ0n) is 16.7. The first-order chi connectivity index (χ1) is 13.5. The largest absolute Gasteiger partial charge is 0.463 e. The maximum absolute atomic E-state index is 11.7. The van der Waals surface area contributed by atoms with Crippen molar-refractivity contribution in [3.63, 3.8) is 0 Å². The van der Waals surface area contributed by atoms with Crippen LogP contribution in [0, 0.1) is 0 Å². The number of carbonyl (C=O) groups is 4. The van der Waals surface area contributed by atoms with Gasteiger partial charge in [0.25, 0.3) is 0 Å². The fourth-order valence-corrected chi connectivity index (χ4v) is 2.67. The van der Waals surface area contributed by atoms with Crippen molar-refractivity contribution in [1.29, 1.82) is 0 Å². The van der Waals surface area contributed by atoms with E-state index in [0.717, 1.165) is 20.8 Å². The average Bonchev–Trinajstić information content (AvgIpc) is 2.60. The third-order valence-corrected chi connectivity index (χ3v) is 4.01. The summed E-state index contributed by atoms with van der Waals surface area (Å²) in [6, 6.07) is 0. The normalized spacial score (nSPS) is 27.3. The number of hydrogen-bond acceptors (Lipinski definition) is 11. The zero-order chi connectivity index (χ0) is 22.1. The summed E-state index contributed by atoms with van der Waals surface area (Å²) in [5.74, 6) is -2.71. The van der Waals surface area contributed by atoms with Gasteiger partial charge >= 0.3 is 23.9 Å². The van der Waals surface area contributed by atoms with Gasteiger partial charge in [-0.3, -0.25) is 19.2 Å². The topological polar surface area (TPSA) is 124 Å². The molecule has 3 unspecified atom stereocenters. The second-order valence-electron chi connectivity index (χ2n) is 6.20. The summed E-state index contributed by atoms with van der Waals surface area (Å²) in [6.07, 6.45) is -4.47. The molecule has 1 saturated heterocycles. The van der Waals surface area contributed by atoms with E-state index in [1.807, 2.05) is 0 Å². The van der Waals surface area contributed by atoms with E-state index in [9.17, 15) is 19.2 Å². The Kier molecular flexibility index (Phi) is 10.1. The van der Waals surface area contributed by atoms with Gasteiger partial charge in [-0.2, -0.15) is 12.6 Å². The van der Waals surface area contributed by atoms with Crippen molar-refractivity contribution in [3.8, 4) is 0 Å². The van der Waals surface area contributed by atoms with Gasteiger partial charge in [-0.1, -0.05) is 6.08 Å². The van der Waals surface area contributed by atoms with Gasteiger partial charge in [0, 0.05) is 32.9 Å². The molecule has 0 amide bonds. The molecule has 0 aliphatic carbocycles. The first-order valence-electron chi connectivity index (χ1n) is 8.77. The fraction of sp³-hybridized carbons (Fsp3) is 0.667. The van der Waals surface area contributed by atoms with Crippen LogP contribution in [0.3, 0.4) is 0 Å². The van der Waals surface area contributed by atoms with Crippen LogP contribution in [0.1, 0.15) is 27.7 Å². The molecule has 6 atom stereocenters. The lowest BCUT2D eigenvalue weighted by Gasteiger charge is -2.44. The molecule has 0 radical (unpaired) electrons. The second kappa shape index (κ2) is 11.8.